The first-order valence-corrected chi connectivity index (χ1v) is 10.0. The first-order chi connectivity index (χ1) is 13.0. The highest BCUT2D eigenvalue weighted by atomic mass is 16.2. The third-order valence-corrected chi connectivity index (χ3v) is 5.37. The van der Waals surface area contributed by atoms with E-state index in [4.69, 9.17) is 0 Å². The summed E-state index contributed by atoms with van der Waals surface area (Å²) >= 11 is 0. The first-order valence-electron chi connectivity index (χ1n) is 10.0. The molecule has 0 aromatic heterocycles. The number of fused-ring (bicyclic) bond motifs is 1. The molecule has 3 amide bonds. The van der Waals surface area contributed by atoms with Gasteiger partial charge in [-0.1, -0.05) is 39.2 Å². The molecular weight excluding hydrogens is 342 g/mol. The number of nitrogens with zero attached hydrogens (tertiary/aromatic N) is 1. The van der Waals surface area contributed by atoms with Gasteiger partial charge in [-0.3, -0.25) is 14.4 Å². The molecule has 146 valence electrons. The highest BCUT2D eigenvalue weighted by Gasteiger charge is 2.25. The summed E-state index contributed by atoms with van der Waals surface area (Å²) in [4.78, 5) is 38.7. The van der Waals surface area contributed by atoms with Crippen LogP contribution in [0, 0.1) is 5.92 Å². The van der Waals surface area contributed by atoms with Gasteiger partial charge in [0.1, 0.15) is 0 Å². The smallest absolute Gasteiger partial charge is 0.313 e. The Hall–Kier alpha value is -2.37. The van der Waals surface area contributed by atoms with Crippen LogP contribution in [0.4, 0.5) is 11.4 Å². The van der Waals surface area contributed by atoms with Crippen molar-refractivity contribution in [1.82, 2.24) is 5.32 Å². The molecule has 1 aromatic rings. The molecular formula is C21H29N3O3. The van der Waals surface area contributed by atoms with Gasteiger partial charge in [0.15, 0.2) is 0 Å². The molecule has 1 aliphatic heterocycles. The van der Waals surface area contributed by atoms with Gasteiger partial charge in [-0.25, -0.2) is 0 Å². The number of amides is 3. The van der Waals surface area contributed by atoms with Crippen LogP contribution in [-0.2, 0) is 20.8 Å². The average Bonchev–Trinajstić information content (AvgIpc) is 2.67. The van der Waals surface area contributed by atoms with Crippen molar-refractivity contribution in [3.8, 4) is 0 Å². The van der Waals surface area contributed by atoms with Gasteiger partial charge in [-0.15, -0.1) is 0 Å². The van der Waals surface area contributed by atoms with Crippen LogP contribution in [-0.4, -0.2) is 30.3 Å². The minimum atomic E-state index is -0.655. The second-order valence-electron chi connectivity index (χ2n) is 7.85. The summed E-state index contributed by atoms with van der Waals surface area (Å²) in [5.74, 6) is -1.25. The molecule has 0 bridgehead atoms. The van der Waals surface area contributed by atoms with Gasteiger partial charge in [0.25, 0.3) is 0 Å². The molecule has 0 unspecified atom stereocenters. The van der Waals surface area contributed by atoms with E-state index in [9.17, 15) is 14.4 Å². The van der Waals surface area contributed by atoms with Crippen molar-refractivity contribution in [2.24, 2.45) is 5.92 Å². The van der Waals surface area contributed by atoms with Gasteiger partial charge in [0.05, 0.1) is 0 Å². The van der Waals surface area contributed by atoms with Crippen molar-refractivity contribution in [1.29, 1.82) is 0 Å². The topological polar surface area (TPSA) is 78.5 Å². The lowest BCUT2D eigenvalue weighted by atomic mass is 9.95. The molecule has 1 aromatic carbocycles. The number of benzene rings is 1. The number of nitrogens with one attached hydrogen (secondary N) is 2. The molecule has 6 nitrogen and oxygen atoms in total. The number of hydrogen-bond donors (Lipinski definition) is 2. The molecule has 1 fully saturated rings. The van der Waals surface area contributed by atoms with Crippen LogP contribution in [0.15, 0.2) is 18.2 Å². The molecule has 1 aliphatic carbocycles. The van der Waals surface area contributed by atoms with Crippen molar-refractivity contribution in [2.45, 2.75) is 64.8 Å². The van der Waals surface area contributed by atoms with Gasteiger partial charge >= 0.3 is 11.8 Å². The molecule has 1 saturated carbocycles. The Morgan fingerprint density at radius 1 is 1.04 bits per heavy atom. The summed E-state index contributed by atoms with van der Waals surface area (Å²) < 4.78 is 0. The van der Waals surface area contributed by atoms with Gasteiger partial charge in [0.2, 0.25) is 5.91 Å². The van der Waals surface area contributed by atoms with Crippen LogP contribution in [0.25, 0.3) is 0 Å². The fourth-order valence-electron chi connectivity index (χ4n) is 3.88. The normalized spacial score (nSPS) is 17.4. The summed E-state index contributed by atoms with van der Waals surface area (Å²) in [6, 6.07) is 5.64. The van der Waals surface area contributed by atoms with Crippen molar-refractivity contribution in [3.05, 3.63) is 23.8 Å². The van der Waals surface area contributed by atoms with Gasteiger partial charge in [-0.05, 0) is 43.4 Å². The van der Waals surface area contributed by atoms with E-state index in [-0.39, 0.29) is 17.9 Å². The highest BCUT2D eigenvalue weighted by Crippen LogP contribution is 2.31. The molecule has 0 radical (unpaired) electrons. The molecule has 0 saturated heterocycles. The van der Waals surface area contributed by atoms with E-state index in [1.54, 1.807) is 17.0 Å². The Morgan fingerprint density at radius 2 is 1.78 bits per heavy atom. The van der Waals surface area contributed by atoms with Crippen LogP contribution in [0.3, 0.4) is 0 Å². The van der Waals surface area contributed by atoms with Crippen molar-refractivity contribution < 1.29 is 14.4 Å². The van der Waals surface area contributed by atoms with E-state index in [1.165, 1.54) is 6.42 Å². The third kappa shape index (κ3) is 4.67. The summed E-state index contributed by atoms with van der Waals surface area (Å²) in [6.45, 7) is 4.46. The average molecular weight is 371 g/mol. The van der Waals surface area contributed by atoms with Crippen LogP contribution in [0.2, 0.25) is 0 Å². The second kappa shape index (κ2) is 8.55. The predicted octanol–water partition coefficient (Wildman–Crippen LogP) is 3.01. The number of carbonyl (C=O) groups excluding carboxylic acids is 3. The Kier molecular flexibility index (Phi) is 6.14. The first kappa shape index (κ1) is 19.4. The van der Waals surface area contributed by atoms with Crippen molar-refractivity contribution in [2.75, 3.05) is 16.8 Å². The summed E-state index contributed by atoms with van der Waals surface area (Å²) in [5, 5.41) is 5.51. The molecule has 0 spiro atoms. The Balaban J connectivity index is 1.68. The molecule has 2 N–H and O–H groups in total. The largest absolute Gasteiger partial charge is 0.345 e. The number of hydrogen-bond acceptors (Lipinski definition) is 3. The van der Waals surface area contributed by atoms with E-state index in [1.807, 2.05) is 19.9 Å². The lowest BCUT2D eigenvalue weighted by Crippen LogP contribution is -2.42. The number of anilines is 2. The van der Waals surface area contributed by atoms with Gasteiger partial charge in [-0.2, -0.15) is 0 Å². The van der Waals surface area contributed by atoms with E-state index in [0.29, 0.717) is 12.2 Å². The predicted molar refractivity (Wildman–Crippen MR) is 106 cm³/mol. The maximum Gasteiger partial charge on any atom is 0.313 e. The molecule has 3 rings (SSSR count). The highest BCUT2D eigenvalue weighted by molar-refractivity contribution is 6.39. The summed E-state index contributed by atoms with van der Waals surface area (Å²) in [7, 11) is 0. The standard InChI is InChI=1S/C21H29N3O3/c1-14(2)21(27)24-12-6-7-15-10-11-17(13-18(15)24)23-20(26)19(25)22-16-8-4-3-5-9-16/h10-11,13-14,16H,3-9,12H2,1-2H3,(H,22,25)(H,23,26). The Morgan fingerprint density at radius 3 is 2.48 bits per heavy atom. The molecule has 27 heavy (non-hydrogen) atoms. The van der Waals surface area contributed by atoms with Crippen LogP contribution < -0.4 is 15.5 Å². The molecule has 0 atom stereocenters. The number of aryl methyl sites for hydroxylation is 1. The zero-order chi connectivity index (χ0) is 19.4. The van der Waals surface area contributed by atoms with Gasteiger partial charge in [0, 0.05) is 29.9 Å². The second-order valence-corrected chi connectivity index (χ2v) is 7.85. The minimum absolute atomic E-state index is 0.0782. The number of rotatable bonds is 3. The zero-order valence-electron chi connectivity index (χ0n) is 16.2. The lowest BCUT2D eigenvalue weighted by molar-refractivity contribution is -0.136. The third-order valence-electron chi connectivity index (χ3n) is 5.37. The van der Waals surface area contributed by atoms with Gasteiger partial charge < -0.3 is 15.5 Å². The van der Waals surface area contributed by atoms with Crippen LogP contribution in [0.1, 0.15) is 57.9 Å². The minimum Gasteiger partial charge on any atom is -0.345 e. The monoisotopic (exact) mass is 371 g/mol. The van der Waals surface area contributed by atoms with Crippen LogP contribution >= 0.6 is 0 Å². The summed E-state index contributed by atoms with van der Waals surface area (Å²) in [5.41, 5.74) is 2.48. The summed E-state index contributed by atoms with van der Waals surface area (Å²) in [6.07, 6.45) is 7.09. The quantitative estimate of drug-likeness (QED) is 0.802. The number of carbonyl (C=O) groups is 3. The maximum atomic E-state index is 12.5. The van der Waals surface area contributed by atoms with E-state index in [2.05, 4.69) is 10.6 Å². The molecule has 6 heteroatoms. The fourth-order valence-corrected chi connectivity index (χ4v) is 3.88. The zero-order valence-corrected chi connectivity index (χ0v) is 16.2. The molecule has 1 heterocycles. The Bertz CT molecular complexity index is 723. The van der Waals surface area contributed by atoms with E-state index < -0.39 is 11.8 Å². The SMILES string of the molecule is CC(C)C(=O)N1CCCc2ccc(NC(=O)C(=O)NC3CCCCC3)cc21. The van der Waals surface area contributed by atoms with Crippen molar-refractivity contribution in [3.63, 3.8) is 0 Å². The van der Waals surface area contributed by atoms with E-state index >= 15 is 0 Å². The fraction of sp³-hybridized carbons (Fsp3) is 0.571. The maximum absolute atomic E-state index is 12.5. The lowest BCUT2D eigenvalue weighted by Gasteiger charge is -2.31. The van der Waals surface area contributed by atoms with Crippen molar-refractivity contribution >= 4 is 29.1 Å². The van der Waals surface area contributed by atoms with E-state index in [0.717, 1.165) is 49.8 Å². The van der Waals surface area contributed by atoms with Crippen LogP contribution in [0.5, 0.6) is 0 Å². The Labute approximate surface area is 160 Å². The molecule has 2 aliphatic rings.